The Balaban J connectivity index is 0.00000363. The molecule has 0 aliphatic carbocycles. The van der Waals surface area contributed by atoms with E-state index in [2.05, 4.69) is 54.5 Å². The van der Waals surface area contributed by atoms with Gasteiger partial charge in [-0.2, -0.15) is 5.10 Å². The summed E-state index contributed by atoms with van der Waals surface area (Å²) >= 11 is 0. The fourth-order valence-electron chi connectivity index (χ4n) is 3.77. The Kier molecular flexibility index (Phi) is 9.60. The Morgan fingerprint density at radius 2 is 1.97 bits per heavy atom. The minimum absolute atomic E-state index is 0. The second kappa shape index (κ2) is 11.7. The van der Waals surface area contributed by atoms with Gasteiger partial charge in [0.25, 0.3) is 0 Å². The van der Waals surface area contributed by atoms with Crippen LogP contribution in [0.4, 0.5) is 0 Å². The number of guanidine groups is 1. The molecule has 3 rings (SSSR count). The molecule has 2 heterocycles. The van der Waals surface area contributed by atoms with Crippen LogP contribution in [0.2, 0.25) is 0 Å². The maximum absolute atomic E-state index is 5.48. The third kappa shape index (κ3) is 6.26. The Morgan fingerprint density at radius 3 is 2.62 bits per heavy atom. The van der Waals surface area contributed by atoms with Gasteiger partial charge in [-0.25, -0.2) is 9.67 Å². The normalized spacial score (nSPS) is 16.1. The highest BCUT2D eigenvalue weighted by Crippen LogP contribution is 2.33. The summed E-state index contributed by atoms with van der Waals surface area (Å²) in [6.45, 7) is 10.8. The molecule has 2 aromatic rings. The molecule has 32 heavy (non-hydrogen) atoms. The maximum atomic E-state index is 5.48. The van der Waals surface area contributed by atoms with Gasteiger partial charge in [0.05, 0.1) is 27.3 Å². The molecule has 1 unspecified atom stereocenters. The van der Waals surface area contributed by atoms with Crippen molar-refractivity contribution >= 4 is 29.9 Å². The number of aliphatic imine (C=N–C) groups is 1. The molecule has 0 amide bonds. The molecule has 8 nitrogen and oxygen atoms in total. The lowest BCUT2D eigenvalue weighted by Crippen LogP contribution is -2.47. The van der Waals surface area contributed by atoms with Gasteiger partial charge in [-0.1, -0.05) is 26.8 Å². The topological polar surface area (TPSA) is 85.6 Å². The van der Waals surface area contributed by atoms with Crippen LogP contribution in [0.1, 0.15) is 51.3 Å². The van der Waals surface area contributed by atoms with Crippen molar-refractivity contribution < 1.29 is 9.47 Å². The maximum Gasteiger partial charge on any atom is 0.191 e. The number of halogens is 1. The van der Waals surface area contributed by atoms with Crippen molar-refractivity contribution in [3.05, 3.63) is 35.4 Å². The lowest BCUT2D eigenvalue weighted by molar-refractivity contribution is 0.353. The third-order valence-corrected chi connectivity index (χ3v) is 5.70. The van der Waals surface area contributed by atoms with Crippen LogP contribution < -0.4 is 20.1 Å². The summed E-state index contributed by atoms with van der Waals surface area (Å²) in [4.78, 5) is 9.51. The van der Waals surface area contributed by atoms with Gasteiger partial charge in [0, 0.05) is 30.8 Å². The van der Waals surface area contributed by atoms with E-state index in [1.807, 2.05) is 16.8 Å². The summed E-state index contributed by atoms with van der Waals surface area (Å²) in [5, 5.41) is 11.6. The number of rotatable bonds is 8. The first-order valence-electron chi connectivity index (χ1n) is 11.1. The first-order valence-corrected chi connectivity index (χ1v) is 11.1. The van der Waals surface area contributed by atoms with E-state index in [1.54, 1.807) is 14.2 Å². The van der Waals surface area contributed by atoms with Crippen molar-refractivity contribution in [1.82, 2.24) is 25.4 Å². The van der Waals surface area contributed by atoms with Crippen LogP contribution in [0, 0.1) is 0 Å². The van der Waals surface area contributed by atoms with Crippen LogP contribution in [0.3, 0.4) is 0 Å². The Labute approximate surface area is 208 Å². The molecule has 0 saturated carbocycles. The van der Waals surface area contributed by atoms with Gasteiger partial charge in [0.2, 0.25) is 0 Å². The van der Waals surface area contributed by atoms with E-state index in [-0.39, 0.29) is 35.4 Å². The summed E-state index contributed by atoms with van der Waals surface area (Å²) in [7, 11) is 3.31. The number of hydrogen-bond acceptors (Lipinski definition) is 5. The minimum Gasteiger partial charge on any atom is -0.493 e. The average Bonchev–Trinajstić information content (AvgIpc) is 3.19. The smallest absolute Gasteiger partial charge is 0.191 e. The zero-order valence-electron chi connectivity index (χ0n) is 20.1. The van der Waals surface area contributed by atoms with Gasteiger partial charge in [-0.15, -0.1) is 24.0 Å². The zero-order valence-corrected chi connectivity index (χ0v) is 22.4. The molecule has 0 spiro atoms. The summed E-state index contributed by atoms with van der Waals surface area (Å²) in [5.41, 5.74) is 0.991. The van der Waals surface area contributed by atoms with Crippen LogP contribution in [-0.2, 0) is 24.8 Å². The minimum atomic E-state index is -0.163. The molecule has 1 atom stereocenters. The molecule has 0 saturated heterocycles. The fourth-order valence-corrected chi connectivity index (χ4v) is 3.77. The molecular weight excluding hydrogens is 519 g/mol. The lowest BCUT2D eigenvalue weighted by atomic mass is 9.84. The summed E-state index contributed by atoms with van der Waals surface area (Å²) in [5.74, 6) is 4.32. The van der Waals surface area contributed by atoms with Crippen molar-refractivity contribution in [1.29, 1.82) is 0 Å². The number of aromatic nitrogens is 3. The van der Waals surface area contributed by atoms with Crippen molar-refractivity contribution in [2.24, 2.45) is 4.99 Å². The molecule has 0 fully saturated rings. The lowest BCUT2D eigenvalue weighted by Gasteiger charge is -2.27. The summed E-state index contributed by atoms with van der Waals surface area (Å²) < 4.78 is 12.9. The standard InChI is InChI=1S/C23H36N6O2.HI/c1-7-20-27-21-12-10-17(14-29(21)28-20)26-22(24-8-2)25-15-23(3,4)16-9-11-18(30-5)19(13-16)31-6;/h9,11,13,17H,7-8,10,12,14-15H2,1-6H3,(H2,24,25,26);1H. The molecule has 9 heteroatoms. The first-order chi connectivity index (χ1) is 14.9. The predicted octanol–water partition coefficient (Wildman–Crippen LogP) is 3.32. The second-order valence-electron chi connectivity index (χ2n) is 8.51. The largest absolute Gasteiger partial charge is 0.493 e. The fraction of sp³-hybridized carbons (Fsp3) is 0.609. The monoisotopic (exact) mass is 556 g/mol. The number of methoxy groups -OCH3 is 2. The highest BCUT2D eigenvalue weighted by molar-refractivity contribution is 14.0. The van der Waals surface area contributed by atoms with Crippen molar-refractivity contribution in [3.8, 4) is 11.5 Å². The van der Waals surface area contributed by atoms with Crippen LogP contribution in [0.5, 0.6) is 11.5 Å². The van der Waals surface area contributed by atoms with Crippen LogP contribution in [0.25, 0.3) is 0 Å². The SMILES string of the molecule is CCNC(=NCC(C)(C)c1ccc(OC)c(OC)c1)NC1CCc2nc(CC)nn2C1.I. The zero-order chi connectivity index (χ0) is 22.4. The van der Waals surface area contributed by atoms with E-state index >= 15 is 0 Å². The summed E-state index contributed by atoms with van der Waals surface area (Å²) in [6, 6.07) is 6.34. The van der Waals surface area contributed by atoms with Crippen molar-refractivity contribution in [2.45, 2.75) is 65.0 Å². The third-order valence-electron chi connectivity index (χ3n) is 5.70. The highest BCUT2D eigenvalue weighted by Gasteiger charge is 2.24. The molecule has 178 valence electrons. The molecule has 2 N–H and O–H groups in total. The van der Waals surface area contributed by atoms with Gasteiger partial charge >= 0.3 is 0 Å². The number of hydrogen-bond donors (Lipinski definition) is 2. The number of ether oxygens (including phenoxy) is 2. The van der Waals surface area contributed by atoms with Gasteiger partial charge in [-0.3, -0.25) is 4.99 Å². The average molecular weight is 556 g/mol. The van der Waals surface area contributed by atoms with Crippen molar-refractivity contribution in [3.63, 3.8) is 0 Å². The van der Waals surface area contributed by atoms with Gasteiger partial charge in [0.15, 0.2) is 23.3 Å². The van der Waals surface area contributed by atoms with E-state index in [9.17, 15) is 0 Å². The van der Waals surface area contributed by atoms with E-state index in [0.29, 0.717) is 6.54 Å². The molecule has 0 radical (unpaired) electrons. The number of nitrogens with zero attached hydrogens (tertiary/aromatic N) is 4. The van der Waals surface area contributed by atoms with Crippen LogP contribution in [0.15, 0.2) is 23.2 Å². The molecular formula is C23H37IN6O2. The Hall–Kier alpha value is -2.04. The number of benzene rings is 1. The van der Waals surface area contributed by atoms with Crippen LogP contribution in [-0.4, -0.2) is 54.1 Å². The summed E-state index contributed by atoms with van der Waals surface area (Å²) in [6.07, 6.45) is 2.82. The first kappa shape index (κ1) is 26.2. The second-order valence-corrected chi connectivity index (χ2v) is 8.51. The van der Waals surface area contributed by atoms with Gasteiger partial charge in [0.1, 0.15) is 5.82 Å². The molecule has 1 aromatic heterocycles. The van der Waals surface area contributed by atoms with Crippen molar-refractivity contribution in [2.75, 3.05) is 27.3 Å². The quantitative estimate of drug-likeness (QED) is 0.295. The van der Waals surface area contributed by atoms with Crippen LogP contribution >= 0.6 is 24.0 Å². The van der Waals surface area contributed by atoms with Gasteiger partial charge in [-0.05, 0) is 31.0 Å². The van der Waals surface area contributed by atoms with Gasteiger partial charge < -0.3 is 20.1 Å². The number of nitrogens with one attached hydrogen (secondary N) is 2. The molecule has 1 aromatic carbocycles. The number of fused-ring (bicyclic) bond motifs is 1. The molecule has 1 aliphatic rings. The Morgan fingerprint density at radius 1 is 1.22 bits per heavy atom. The highest BCUT2D eigenvalue weighted by atomic mass is 127. The Bertz CT molecular complexity index is 912. The van der Waals surface area contributed by atoms with E-state index in [0.717, 1.165) is 67.0 Å². The van der Waals surface area contributed by atoms with E-state index < -0.39 is 0 Å². The predicted molar refractivity (Wildman–Crippen MR) is 139 cm³/mol. The number of aryl methyl sites for hydroxylation is 2. The molecule has 1 aliphatic heterocycles. The molecule has 0 bridgehead atoms. The van der Waals surface area contributed by atoms with E-state index in [4.69, 9.17) is 14.5 Å². The van der Waals surface area contributed by atoms with E-state index in [1.165, 1.54) is 0 Å².